The summed E-state index contributed by atoms with van der Waals surface area (Å²) in [5, 5.41) is 12.9. The number of methoxy groups -OCH3 is 1. The predicted octanol–water partition coefficient (Wildman–Crippen LogP) is 2.53. The van der Waals surface area contributed by atoms with E-state index in [2.05, 4.69) is 12.2 Å². The molecule has 1 amide bonds. The number of phenolic OH excluding ortho intramolecular Hbond substituents is 1. The van der Waals surface area contributed by atoms with Gasteiger partial charge in [-0.3, -0.25) is 0 Å². The number of benzene rings is 1. The molecule has 0 radical (unpaired) electrons. The molecule has 0 aromatic heterocycles. The fourth-order valence-corrected chi connectivity index (χ4v) is 2.94. The van der Waals surface area contributed by atoms with Crippen LogP contribution in [0.4, 0.5) is 4.79 Å². The van der Waals surface area contributed by atoms with Crippen molar-refractivity contribution in [1.29, 1.82) is 0 Å². The van der Waals surface area contributed by atoms with Crippen LogP contribution in [0.1, 0.15) is 31.7 Å². The average Bonchev–Trinajstić information content (AvgIpc) is 2.54. The van der Waals surface area contributed by atoms with Gasteiger partial charge in [-0.15, -0.1) is 0 Å². The molecule has 1 fully saturated rings. The van der Waals surface area contributed by atoms with Crippen molar-refractivity contribution in [1.82, 2.24) is 10.2 Å². The van der Waals surface area contributed by atoms with Crippen LogP contribution >= 0.6 is 0 Å². The second-order valence-corrected chi connectivity index (χ2v) is 6.03. The fraction of sp³-hybridized carbons (Fsp3) is 0.588. The third-order valence-electron chi connectivity index (χ3n) is 4.18. The largest absolute Gasteiger partial charge is 0.508 e. The number of rotatable bonds is 5. The van der Waals surface area contributed by atoms with Crippen molar-refractivity contribution in [3.05, 3.63) is 29.8 Å². The lowest BCUT2D eigenvalue weighted by Gasteiger charge is -2.33. The van der Waals surface area contributed by atoms with Gasteiger partial charge in [-0.1, -0.05) is 12.1 Å². The van der Waals surface area contributed by atoms with Gasteiger partial charge in [0.2, 0.25) is 0 Å². The van der Waals surface area contributed by atoms with E-state index in [0.717, 1.165) is 38.8 Å². The van der Waals surface area contributed by atoms with Crippen molar-refractivity contribution in [2.24, 2.45) is 0 Å². The van der Waals surface area contributed by atoms with Crippen LogP contribution in [0.15, 0.2) is 24.3 Å². The number of aryl methyl sites for hydroxylation is 1. The summed E-state index contributed by atoms with van der Waals surface area (Å²) in [6.45, 7) is 3.68. The summed E-state index contributed by atoms with van der Waals surface area (Å²) in [6, 6.07) is 8.09. The summed E-state index contributed by atoms with van der Waals surface area (Å²) in [4.78, 5) is 13.4. The van der Waals surface area contributed by atoms with Crippen molar-refractivity contribution in [2.45, 2.75) is 44.7 Å². The summed E-state index contributed by atoms with van der Waals surface area (Å²) in [7, 11) is 1.43. The molecule has 1 aromatic carbocycles. The number of nitrogens with zero attached hydrogens (tertiary/aromatic N) is 1. The van der Waals surface area contributed by atoms with Crippen molar-refractivity contribution < 1.29 is 14.6 Å². The lowest BCUT2D eigenvalue weighted by molar-refractivity contribution is 0.106. The maximum absolute atomic E-state index is 11.6. The number of carbonyl (C=O) groups is 1. The molecule has 1 aliphatic heterocycles. The second kappa shape index (κ2) is 8.03. The molecule has 122 valence electrons. The Kier molecular flexibility index (Phi) is 6.07. The quantitative estimate of drug-likeness (QED) is 0.877. The highest BCUT2D eigenvalue weighted by Gasteiger charge is 2.24. The van der Waals surface area contributed by atoms with E-state index in [9.17, 15) is 9.90 Å². The number of phenols is 1. The number of carbonyl (C=O) groups excluding carboxylic acids is 1. The second-order valence-electron chi connectivity index (χ2n) is 6.03. The predicted molar refractivity (Wildman–Crippen MR) is 86.0 cm³/mol. The summed E-state index contributed by atoms with van der Waals surface area (Å²) in [6.07, 6.45) is 3.87. The molecule has 2 N–H and O–H groups in total. The molecule has 0 saturated carbocycles. The SMILES string of the molecule is COC(=O)N1CCC[C@@H](N[C@H](C)CCc2ccc(O)cc2)C1. The van der Waals surface area contributed by atoms with Gasteiger partial charge >= 0.3 is 6.09 Å². The zero-order valence-electron chi connectivity index (χ0n) is 13.4. The Balaban J connectivity index is 1.75. The smallest absolute Gasteiger partial charge is 0.409 e. The first-order chi connectivity index (χ1) is 10.6. The van der Waals surface area contributed by atoms with Gasteiger partial charge in [-0.25, -0.2) is 4.79 Å². The molecule has 0 bridgehead atoms. The van der Waals surface area contributed by atoms with E-state index in [1.165, 1.54) is 12.7 Å². The molecule has 1 heterocycles. The Morgan fingerprint density at radius 1 is 1.45 bits per heavy atom. The molecule has 22 heavy (non-hydrogen) atoms. The van der Waals surface area contributed by atoms with Gasteiger partial charge in [-0.05, 0) is 50.3 Å². The lowest BCUT2D eigenvalue weighted by atomic mass is 10.0. The van der Waals surface area contributed by atoms with Crippen LogP contribution in [0.2, 0.25) is 0 Å². The average molecular weight is 306 g/mol. The van der Waals surface area contributed by atoms with E-state index < -0.39 is 0 Å². The van der Waals surface area contributed by atoms with Gasteiger partial charge in [0.1, 0.15) is 5.75 Å². The Morgan fingerprint density at radius 2 is 2.18 bits per heavy atom. The zero-order valence-corrected chi connectivity index (χ0v) is 13.4. The molecule has 0 aliphatic carbocycles. The molecule has 0 unspecified atom stereocenters. The summed E-state index contributed by atoms with van der Waals surface area (Å²) < 4.78 is 4.80. The van der Waals surface area contributed by atoms with E-state index >= 15 is 0 Å². The van der Waals surface area contributed by atoms with Crippen molar-refractivity contribution >= 4 is 6.09 Å². The highest BCUT2D eigenvalue weighted by molar-refractivity contribution is 5.67. The van der Waals surface area contributed by atoms with Crippen molar-refractivity contribution in [3.8, 4) is 5.75 Å². The topological polar surface area (TPSA) is 61.8 Å². The molecule has 1 saturated heterocycles. The fourth-order valence-electron chi connectivity index (χ4n) is 2.94. The van der Waals surface area contributed by atoms with Gasteiger partial charge in [-0.2, -0.15) is 0 Å². The first-order valence-electron chi connectivity index (χ1n) is 7.95. The zero-order chi connectivity index (χ0) is 15.9. The third-order valence-corrected chi connectivity index (χ3v) is 4.18. The Morgan fingerprint density at radius 3 is 2.86 bits per heavy atom. The summed E-state index contributed by atoms with van der Waals surface area (Å²) in [5.74, 6) is 0.306. The number of hydrogen-bond acceptors (Lipinski definition) is 4. The standard InChI is InChI=1S/C17H26N2O3/c1-13(5-6-14-7-9-16(20)10-8-14)18-15-4-3-11-19(12-15)17(21)22-2/h7-10,13,15,18,20H,3-6,11-12H2,1-2H3/t13-,15-/m1/s1. The number of likely N-dealkylation sites (tertiary alicyclic amines) is 1. The van der Waals surface area contributed by atoms with Crippen LogP contribution in [-0.4, -0.2) is 48.4 Å². The van der Waals surface area contributed by atoms with Crippen LogP contribution in [0.25, 0.3) is 0 Å². The minimum Gasteiger partial charge on any atom is -0.508 e. The van der Waals surface area contributed by atoms with E-state index in [1.807, 2.05) is 12.1 Å². The van der Waals surface area contributed by atoms with Gasteiger partial charge < -0.3 is 20.1 Å². The molecule has 1 aliphatic rings. The number of ether oxygens (including phenoxy) is 1. The van der Waals surface area contributed by atoms with E-state index in [0.29, 0.717) is 17.8 Å². The molecule has 5 nitrogen and oxygen atoms in total. The van der Waals surface area contributed by atoms with Crippen LogP contribution in [0.5, 0.6) is 5.75 Å². The van der Waals surface area contributed by atoms with Crippen molar-refractivity contribution in [2.75, 3.05) is 20.2 Å². The van der Waals surface area contributed by atoms with E-state index in [4.69, 9.17) is 4.74 Å². The first kappa shape index (κ1) is 16.6. The van der Waals surface area contributed by atoms with Gasteiger partial charge in [0.25, 0.3) is 0 Å². The summed E-state index contributed by atoms with van der Waals surface area (Å²) >= 11 is 0. The van der Waals surface area contributed by atoms with Gasteiger partial charge in [0.05, 0.1) is 7.11 Å². The van der Waals surface area contributed by atoms with Crippen LogP contribution in [0.3, 0.4) is 0 Å². The molecular weight excluding hydrogens is 280 g/mol. The molecule has 1 aromatic rings. The van der Waals surface area contributed by atoms with Crippen molar-refractivity contribution in [3.63, 3.8) is 0 Å². The molecule has 5 heteroatoms. The van der Waals surface area contributed by atoms with Gasteiger partial charge in [0, 0.05) is 25.2 Å². The number of aromatic hydroxyl groups is 1. The van der Waals surface area contributed by atoms with Crippen LogP contribution in [0, 0.1) is 0 Å². The third kappa shape index (κ3) is 4.91. The van der Waals surface area contributed by atoms with E-state index in [-0.39, 0.29) is 6.09 Å². The highest BCUT2D eigenvalue weighted by Crippen LogP contribution is 2.14. The minimum atomic E-state index is -0.233. The normalized spacial score (nSPS) is 19.7. The molecular formula is C17H26N2O3. The number of hydrogen-bond donors (Lipinski definition) is 2. The molecule has 2 atom stereocenters. The number of nitrogens with one attached hydrogen (secondary N) is 1. The summed E-state index contributed by atoms with van der Waals surface area (Å²) in [5.41, 5.74) is 1.23. The highest BCUT2D eigenvalue weighted by atomic mass is 16.5. The Labute approximate surface area is 132 Å². The maximum atomic E-state index is 11.6. The van der Waals surface area contributed by atoms with Crippen LogP contribution in [-0.2, 0) is 11.2 Å². The first-order valence-corrected chi connectivity index (χ1v) is 7.95. The maximum Gasteiger partial charge on any atom is 0.409 e. The Hall–Kier alpha value is -1.75. The molecule has 2 rings (SSSR count). The number of piperidine rings is 1. The van der Waals surface area contributed by atoms with Crippen LogP contribution < -0.4 is 5.32 Å². The lowest BCUT2D eigenvalue weighted by Crippen LogP contribution is -2.50. The number of amides is 1. The van der Waals surface area contributed by atoms with Gasteiger partial charge in [0.15, 0.2) is 0 Å². The molecule has 0 spiro atoms. The minimum absolute atomic E-state index is 0.233. The monoisotopic (exact) mass is 306 g/mol. The van der Waals surface area contributed by atoms with E-state index in [1.54, 1.807) is 17.0 Å². The Bertz CT molecular complexity index is 475.